The molecule has 0 radical (unpaired) electrons. The number of nitrogens with zero attached hydrogens (tertiary/aromatic N) is 3. The van der Waals surface area contributed by atoms with Crippen molar-refractivity contribution in [2.75, 3.05) is 7.05 Å². The predicted molar refractivity (Wildman–Crippen MR) is 63.3 cm³/mol. The van der Waals surface area contributed by atoms with Crippen LogP contribution in [0.5, 0.6) is 0 Å². The molecule has 84 valence electrons. The molecule has 2 rings (SSSR count). The van der Waals surface area contributed by atoms with Crippen LogP contribution in [-0.4, -0.2) is 21.8 Å². The van der Waals surface area contributed by atoms with E-state index >= 15 is 0 Å². The van der Waals surface area contributed by atoms with Gasteiger partial charge in [0.25, 0.3) is 0 Å². The van der Waals surface area contributed by atoms with Crippen molar-refractivity contribution in [2.45, 2.75) is 13.1 Å². The molecule has 4 nitrogen and oxygen atoms in total. The second-order valence-corrected chi connectivity index (χ2v) is 3.91. The highest BCUT2D eigenvalue weighted by Gasteiger charge is 2.02. The molecule has 0 spiro atoms. The summed E-state index contributed by atoms with van der Waals surface area (Å²) in [7, 11) is 1.90. The van der Waals surface area contributed by atoms with Crippen LogP contribution >= 0.6 is 11.6 Å². The van der Waals surface area contributed by atoms with E-state index in [1.165, 1.54) is 0 Å². The molecule has 0 aliphatic carbocycles. The summed E-state index contributed by atoms with van der Waals surface area (Å²) in [5, 5.41) is 8.15. The van der Waals surface area contributed by atoms with Crippen molar-refractivity contribution in [3.63, 3.8) is 0 Å². The van der Waals surface area contributed by atoms with Gasteiger partial charge >= 0.3 is 0 Å². The highest BCUT2D eigenvalue weighted by atomic mass is 35.5. The minimum Gasteiger partial charge on any atom is -0.314 e. The molecule has 2 aromatic heterocycles. The number of hydrogen-bond donors (Lipinski definition) is 1. The van der Waals surface area contributed by atoms with Crippen molar-refractivity contribution in [3.05, 3.63) is 47.0 Å². The summed E-state index contributed by atoms with van der Waals surface area (Å²) >= 11 is 6.03. The van der Waals surface area contributed by atoms with Gasteiger partial charge in [-0.15, -0.1) is 0 Å². The summed E-state index contributed by atoms with van der Waals surface area (Å²) < 4.78 is 1.87. The van der Waals surface area contributed by atoms with E-state index in [1.807, 2.05) is 30.1 Å². The highest BCUT2D eigenvalue weighted by Crippen LogP contribution is 2.14. The molecule has 0 amide bonds. The van der Waals surface area contributed by atoms with E-state index in [9.17, 15) is 0 Å². The van der Waals surface area contributed by atoms with Crippen LogP contribution in [0.1, 0.15) is 11.3 Å². The van der Waals surface area contributed by atoms with Crippen LogP contribution < -0.4 is 5.32 Å². The molecule has 0 aliphatic heterocycles. The van der Waals surface area contributed by atoms with E-state index in [-0.39, 0.29) is 0 Å². The maximum absolute atomic E-state index is 6.03. The Morgan fingerprint density at radius 2 is 2.31 bits per heavy atom. The van der Waals surface area contributed by atoms with Crippen LogP contribution in [0, 0.1) is 0 Å². The van der Waals surface area contributed by atoms with Crippen molar-refractivity contribution < 1.29 is 0 Å². The Hall–Kier alpha value is -1.39. The highest BCUT2D eigenvalue weighted by molar-refractivity contribution is 6.31. The molecule has 0 aromatic carbocycles. The van der Waals surface area contributed by atoms with Crippen molar-refractivity contribution >= 4 is 11.6 Å². The minimum absolute atomic E-state index is 0.672. The zero-order valence-electron chi connectivity index (χ0n) is 9.02. The summed E-state index contributed by atoms with van der Waals surface area (Å²) in [6.07, 6.45) is 5.33. The topological polar surface area (TPSA) is 42.7 Å². The predicted octanol–water partition coefficient (Wildman–Crippen LogP) is 1.70. The minimum atomic E-state index is 0.672. The van der Waals surface area contributed by atoms with Gasteiger partial charge in [0.2, 0.25) is 0 Å². The van der Waals surface area contributed by atoms with E-state index in [2.05, 4.69) is 15.4 Å². The molecule has 0 saturated carbocycles. The summed E-state index contributed by atoms with van der Waals surface area (Å²) in [6, 6.07) is 3.90. The van der Waals surface area contributed by atoms with Gasteiger partial charge < -0.3 is 5.32 Å². The van der Waals surface area contributed by atoms with E-state index < -0.39 is 0 Å². The first-order chi connectivity index (χ1) is 7.79. The molecule has 0 unspecified atom stereocenters. The summed E-state index contributed by atoms with van der Waals surface area (Å²) in [4.78, 5) is 3.95. The largest absolute Gasteiger partial charge is 0.314 e. The third-order valence-corrected chi connectivity index (χ3v) is 2.58. The second-order valence-electron chi connectivity index (χ2n) is 3.50. The van der Waals surface area contributed by atoms with Gasteiger partial charge in [0, 0.05) is 25.1 Å². The van der Waals surface area contributed by atoms with Gasteiger partial charge in [-0.25, -0.2) is 0 Å². The van der Waals surface area contributed by atoms with Crippen LogP contribution in [0.3, 0.4) is 0 Å². The standard InChI is InChI=1S/C11H13ClN4/c1-13-6-10-3-5-16(15-10)8-9-2-4-14-7-11(9)12/h2-5,7,13H,6,8H2,1H3. The molecule has 2 heterocycles. The van der Waals surface area contributed by atoms with Gasteiger partial charge in [-0.3, -0.25) is 9.67 Å². The molecule has 0 fully saturated rings. The van der Waals surface area contributed by atoms with Gasteiger partial charge in [-0.05, 0) is 24.7 Å². The Morgan fingerprint density at radius 3 is 3.06 bits per heavy atom. The van der Waals surface area contributed by atoms with E-state index in [4.69, 9.17) is 11.6 Å². The Labute approximate surface area is 99.3 Å². The number of pyridine rings is 1. The van der Waals surface area contributed by atoms with E-state index in [0.29, 0.717) is 11.6 Å². The molecular formula is C11H13ClN4. The van der Waals surface area contributed by atoms with Crippen LogP contribution in [-0.2, 0) is 13.1 Å². The van der Waals surface area contributed by atoms with Gasteiger partial charge in [0.15, 0.2) is 0 Å². The zero-order valence-corrected chi connectivity index (χ0v) is 9.78. The Morgan fingerprint density at radius 1 is 1.44 bits per heavy atom. The van der Waals surface area contributed by atoms with Crippen molar-refractivity contribution in [2.24, 2.45) is 0 Å². The summed E-state index contributed by atoms with van der Waals surface area (Å²) in [6.45, 7) is 1.45. The number of hydrogen-bond acceptors (Lipinski definition) is 3. The van der Waals surface area contributed by atoms with Crippen LogP contribution in [0.25, 0.3) is 0 Å². The first kappa shape index (κ1) is 11.1. The lowest BCUT2D eigenvalue weighted by Crippen LogP contribution is -2.07. The fourth-order valence-corrected chi connectivity index (χ4v) is 1.65. The molecule has 5 heteroatoms. The molecule has 16 heavy (non-hydrogen) atoms. The number of nitrogens with one attached hydrogen (secondary N) is 1. The van der Waals surface area contributed by atoms with Crippen molar-refractivity contribution in [1.29, 1.82) is 0 Å². The van der Waals surface area contributed by atoms with Crippen LogP contribution in [0.4, 0.5) is 0 Å². The van der Waals surface area contributed by atoms with E-state index in [1.54, 1.807) is 12.4 Å². The average Bonchev–Trinajstić information content (AvgIpc) is 2.70. The number of halogens is 1. The third-order valence-electron chi connectivity index (χ3n) is 2.24. The fraction of sp³-hybridized carbons (Fsp3) is 0.273. The lowest BCUT2D eigenvalue weighted by atomic mass is 10.3. The normalized spacial score (nSPS) is 10.6. The second kappa shape index (κ2) is 5.09. The molecule has 1 N–H and O–H groups in total. The zero-order chi connectivity index (χ0) is 11.4. The third kappa shape index (κ3) is 2.59. The van der Waals surface area contributed by atoms with Gasteiger partial charge in [-0.2, -0.15) is 5.10 Å². The average molecular weight is 237 g/mol. The van der Waals surface area contributed by atoms with Gasteiger partial charge in [0.05, 0.1) is 17.3 Å². The smallest absolute Gasteiger partial charge is 0.0762 e. The summed E-state index contributed by atoms with van der Waals surface area (Å²) in [5.41, 5.74) is 2.04. The quantitative estimate of drug-likeness (QED) is 0.879. The maximum Gasteiger partial charge on any atom is 0.0762 e. The lowest BCUT2D eigenvalue weighted by molar-refractivity contribution is 0.658. The molecule has 2 aromatic rings. The molecule has 0 bridgehead atoms. The number of aromatic nitrogens is 3. The molecule has 0 saturated heterocycles. The van der Waals surface area contributed by atoms with Crippen LogP contribution in [0.15, 0.2) is 30.7 Å². The van der Waals surface area contributed by atoms with Crippen molar-refractivity contribution in [3.8, 4) is 0 Å². The first-order valence-electron chi connectivity index (χ1n) is 5.05. The monoisotopic (exact) mass is 236 g/mol. The van der Waals surface area contributed by atoms with Gasteiger partial charge in [-0.1, -0.05) is 11.6 Å². The SMILES string of the molecule is CNCc1ccn(Cc2ccncc2Cl)n1. The fourth-order valence-electron chi connectivity index (χ4n) is 1.47. The van der Waals surface area contributed by atoms with E-state index in [0.717, 1.165) is 17.8 Å². The van der Waals surface area contributed by atoms with Crippen molar-refractivity contribution in [1.82, 2.24) is 20.1 Å². The maximum atomic E-state index is 6.03. The number of rotatable bonds is 4. The first-order valence-corrected chi connectivity index (χ1v) is 5.42. The Balaban J connectivity index is 2.11. The molecule has 0 atom stereocenters. The van der Waals surface area contributed by atoms with Crippen LogP contribution in [0.2, 0.25) is 5.02 Å². The van der Waals surface area contributed by atoms with Gasteiger partial charge in [0.1, 0.15) is 0 Å². The Kier molecular flexibility index (Phi) is 3.54. The molecule has 0 aliphatic rings. The Bertz CT molecular complexity index is 467. The lowest BCUT2D eigenvalue weighted by Gasteiger charge is -2.03. The summed E-state index contributed by atoms with van der Waals surface area (Å²) in [5.74, 6) is 0. The molecular weight excluding hydrogens is 224 g/mol.